The molecule has 0 bridgehead atoms. The molecule has 0 spiro atoms. The summed E-state index contributed by atoms with van der Waals surface area (Å²) in [6, 6.07) is 0. The third kappa shape index (κ3) is 2.94. The van der Waals surface area contributed by atoms with Crippen molar-refractivity contribution in [3.63, 3.8) is 0 Å². The first-order valence-electron chi connectivity index (χ1n) is 7.93. The maximum atomic E-state index is 6.26. The number of ether oxygens (including phenoxy) is 1. The van der Waals surface area contributed by atoms with Crippen molar-refractivity contribution in [2.24, 2.45) is 5.92 Å². The lowest BCUT2D eigenvalue weighted by Crippen LogP contribution is -2.30. The molecule has 3 rings (SSSR count). The van der Waals surface area contributed by atoms with Gasteiger partial charge in [0.25, 0.3) is 0 Å². The highest BCUT2D eigenvalue weighted by molar-refractivity contribution is 5.76. The number of fused-ring (bicyclic) bond motifs is 1. The zero-order valence-corrected chi connectivity index (χ0v) is 12.7. The second-order valence-corrected chi connectivity index (χ2v) is 5.59. The number of aromatic amines is 1. The number of H-pyrrole nitrogens is 1. The van der Waals surface area contributed by atoms with E-state index in [0.717, 1.165) is 24.9 Å². The van der Waals surface area contributed by atoms with Crippen molar-refractivity contribution < 1.29 is 4.74 Å². The number of nitrogens with zero attached hydrogens (tertiary/aromatic N) is 3. The topological polar surface area (TPSA) is 75.7 Å². The van der Waals surface area contributed by atoms with Gasteiger partial charge in [-0.15, -0.1) is 0 Å². The Kier molecular flexibility index (Phi) is 4.22. The highest BCUT2D eigenvalue weighted by Gasteiger charge is 2.27. The first-order chi connectivity index (χ1) is 10.3. The molecule has 2 atom stereocenters. The molecule has 2 heterocycles. The third-order valence-electron chi connectivity index (χ3n) is 4.21. The lowest BCUT2D eigenvalue weighted by molar-refractivity contribution is 0.0874. The molecule has 2 unspecified atom stereocenters. The number of rotatable bonds is 5. The van der Waals surface area contributed by atoms with Gasteiger partial charge in [0.05, 0.1) is 6.33 Å². The molecule has 0 saturated heterocycles. The van der Waals surface area contributed by atoms with Crippen LogP contribution in [0.4, 0.5) is 5.95 Å². The van der Waals surface area contributed by atoms with Gasteiger partial charge in [-0.3, -0.25) is 0 Å². The van der Waals surface area contributed by atoms with E-state index in [1.54, 1.807) is 6.33 Å². The van der Waals surface area contributed by atoms with Gasteiger partial charge in [-0.25, -0.2) is 4.98 Å². The average molecular weight is 289 g/mol. The molecule has 2 aromatic heterocycles. The highest BCUT2D eigenvalue weighted by atomic mass is 16.5. The van der Waals surface area contributed by atoms with Gasteiger partial charge in [-0.05, 0) is 38.5 Å². The molecular formula is C15H23N5O. The maximum Gasteiger partial charge on any atom is 0.245 e. The Hall–Kier alpha value is -1.85. The third-order valence-corrected chi connectivity index (χ3v) is 4.21. The minimum absolute atomic E-state index is 0.250. The van der Waals surface area contributed by atoms with E-state index >= 15 is 0 Å². The van der Waals surface area contributed by atoms with Crippen molar-refractivity contribution in [1.29, 1.82) is 0 Å². The molecule has 2 N–H and O–H groups in total. The quantitative estimate of drug-likeness (QED) is 0.884. The van der Waals surface area contributed by atoms with Gasteiger partial charge < -0.3 is 15.0 Å². The van der Waals surface area contributed by atoms with Crippen molar-refractivity contribution in [2.45, 2.75) is 52.1 Å². The second-order valence-electron chi connectivity index (χ2n) is 5.59. The van der Waals surface area contributed by atoms with Gasteiger partial charge in [0.1, 0.15) is 11.6 Å². The first kappa shape index (κ1) is 14.1. The molecule has 1 aliphatic rings. The van der Waals surface area contributed by atoms with Crippen LogP contribution in [0.25, 0.3) is 11.2 Å². The average Bonchev–Trinajstić information content (AvgIpc) is 2.97. The van der Waals surface area contributed by atoms with Crippen LogP contribution in [0.15, 0.2) is 6.33 Å². The number of hydrogen-bond donors (Lipinski definition) is 2. The van der Waals surface area contributed by atoms with Crippen molar-refractivity contribution in [1.82, 2.24) is 19.9 Å². The minimum Gasteiger partial charge on any atom is -0.472 e. The van der Waals surface area contributed by atoms with Crippen LogP contribution in [0.5, 0.6) is 5.88 Å². The molecular weight excluding hydrogens is 266 g/mol. The standard InChI is InChI=1S/C15H23N5O/c1-3-10-7-5-6-8-11(10)21-14-12-13(18-9-17-12)19-15(20-14)16-4-2/h9-11H,3-8H2,1-2H3,(H2,16,17,18,19,20). The van der Waals surface area contributed by atoms with E-state index in [1.165, 1.54) is 19.3 Å². The summed E-state index contributed by atoms with van der Waals surface area (Å²) in [6.07, 6.45) is 7.94. The molecule has 0 amide bonds. The van der Waals surface area contributed by atoms with E-state index in [1.807, 2.05) is 6.92 Å². The molecule has 0 aromatic carbocycles. The summed E-state index contributed by atoms with van der Waals surface area (Å²) in [5.41, 5.74) is 1.44. The minimum atomic E-state index is 0.250. The van der Waals surface area contributed by atoms with Crippen molar-refractivity contribution in [3.05, 3.63) is 6.33 Å². The molecule has 0 aliphatic heterocycles. The van der Waals surface area contributed by atoms with Crippen LogP contribution in [0, 0.1) is 5.92 Å². The molecule has 114 valence electrons. The molecule has 0 radical (unpaired) electrons. The van der Waals surface area contributed by atoms with Gasteiger partial charge in [0.15, 0.2) is 5.65 Å². The Bertz CT molecular complexity index is 597. The zero-order chi connectivity index (χ0) is 14.7. The Morgan fingerprint density at radius 2 is 2.14 bits per heavy atom. The zero-order valence-electron chi connectivity index (χ0n) is 12.7. The molecule has 1 fully saturated rings. The predicted octanol–water partition coefficient (Wildman–Crippen LogP) is 3.13. The van der Waals surface area contributed by atoms with Gasteiger partial charge >= 0.3 is 0 Å². The van der Waals surface area contributed by atoms with Crippen LogP contribution in [-0.4, -0.2) is 32.6 Å². The molecule has 1 aliphatic carbocycles. The summed E-state index contributed by atoms with van der Waals surface area (Å²) in [5, 5.41) is 3.14. The summed E-state index contributed by atoms with van der Waals surface area (Å²) in [6.45, 7) is 5.03. The Morgan fingerprint density at radius 1 is 1.29 bits per heavy atom. The highest BCUT2D eigenvalue weighted by Crippen LogP contribution is 2.31. The molecule has 6 nitrogen and oxygen atoms in total. The molecule has 2 aromatic rings. The van der Waals surface area contributed by atoms with Gasteiger partial charge in [0, 0.05) is 6.54 Å². The van der Waals surface area contributed by atoms with Crippen LogP contribution < -0.4 is 10.1 Å². The van der Waals surface area contributed by atoms with Crippen LogP contribution in [0.2, 0.25) is 0 Å². The van der Waals surface area contributed by atoms with E-state index in [4.69, 9.17) is 4.74 Å². The Labute approximate surface area is 124 Å². The normalized spacial score (nSPS) is 22.4. The number of imidazole rings is 1. The lowest BCUT2D eigenvalue weighted by Gasteiger charge is -2.30. The van der Waals surface area contributed by atoms with Crippen LogP contribution in [-0.2, 0) is 0 Å². The van der Waals surface area contributed by atoms with E-state index in [-0.39, 0.29) is 6.10 Å². The molecule has 1 saturated carbocycles. The van der Waals surface area contributed by atoms with E-state index < -0.39 is 0 Å². The van der Waals surface area contributed by atoms with Crippen LogP contribution in [0.1, 0.15) is 46.0 Å². The van der Waals surface area contributed by atoms with Crippen molar-refractivity contribution >= 4 is 17.1 Å². The molecule has 6 heteroatoms. The number of aromatic nitrogens is 4. The van der Waals surface area contributed by atoms with Crippen LogP contribution >= 0.6 is 0 Å². The number of anilines is 1. The summed E-state index contributed by atoms with van der Waals surface area (Å²) in [4.78, 5) is 16.2. The predicted molar refractivity (Wildman–Crippen MR) is 82.5 cm³/mol. The second kappa shape index (κ2) is 6.28. The van der Waals surface area contributed by atoms with Gasteiger partial charge in [-0.1, -0.05) is 13.3 Å². The SMILES string of the molecule is CCNc1nc(OC2CCCCC2CC)c2[nH]cnc2n1. The van der Waals surface area contributed by atoms with E-state index in [2.05, 4.69) is 32.2 Å². The van der Waals surface area contributed by atoms with Gasteiger partial charge in [-0.2, -0.15) is 9.97 Å². The fourth-order valence-electron chi connectivity index (χ4n) is 3.07. The largest absolute Gasteiger partial charge is 0.472 e. The van der Waals surface area contributed by atoms with Crippen LogP contribution in [0.3, 0.4) is 0 Å². The lowest BCUT2D eigenvalue weighted by atomic mass is 9.85. The van der Waals surface area contributed by atoms with Gasteiger partial charge in [0.2, 0.25) is 11.8 Å². The number of nitrogens with one attached hydrogen (secondary N) is 2. The summed E-state index contributed by atoms with van der Waals surface area (Å²) in [7, 11) is 0. The summed E-state index contributed by atoms with van der Waals surface area (Å²) >= 11 is 0. The maximum absolute atomic E-state index is 6.26. The summed E-state index contributed by atoms with van der Waals surface area (Å²) in [5.74, 6) is 1.82. The number of hydrogen-bond acceptors (Lipinski definition) is 5. The molecule has 21 heavy (non-hydrogen) atoms. The smallest absolute Gasteiger partial charge is 0.245 e. The Morgan fingerprint density at radius 3 is 2.95 bits per heavy atom. The fraction of sp³-hybridized carbons (Fsp3) is 0.667. The first-order valence-corrected chi connectivity index (χ1v) is 7.93. The fourth-order valence-corrected chi connectivity index (χ4v) is 3.07. The van der Waals surface area contributed by atoms with Crippen molar-refractivity contribution in [3.8, 4) is 5.88 Å². The van der Waals surface area contributed by atoms with E-state index in [0.29, 0.717) is 23.4 Å². The van der Waals surface area contributed by atoms with Crippen molar-refractivity contribution in [2.75, 3.05) is 11.9 Å². The monoisotopic (exact) mass is 289 g/mol. The van der Waals surface area contributed by atoms with E-state index in [9.17, 15) is 0 Å². The summed E-state index contributed by atoms with van der Waals surface area (Å²) < 4.78 is 6.26. The Balaban J connectivity index is 1.89.